The lowest BCUT2D eigenvalue weighted by Gasteiger charge is -2.08. The predicted octanol–water partition coefficient (Wildman–Crippen LogP) is 3.85. The van der Waals surface area contributed by atoms with Gasteiger partial charge in [0.15, 0.2) is 0 Å². The van der Waals surface area contributed by atoms with Gasteiger partial charge in [0.1, 0.15) is 5.69 Å². The number of carbonyl (C=O) groups is 1. The minimum atomic E-state index is 0.00858. The molecule has 118 valence electrons. The Kier molecular flexibility index (Phi) is 4.47. The molecule has 3 rings (SSSR count). The number of hydrogen-bond acceptors (Lipinski definition) is 1. The number of nitrogens with zero attached hydrogens (tertiary/aromatic N) is 1. The zero-order valence-electron chi connectivity index (χ0n) is 13.7. The van der Waals surface area contributed by atoms with Crippen molar-refractivity contribution in [2.45, 2.75) is 19.8 Å². The molecule has 0 atom stereocenters. The van der Waals surface area contributed by atoms with Crippen molar-refractivity contribution in [2.24, 2.45) is 7.05 Å². The first-order valence-electron chi connectivity index (χ1n) is 8.04. The molecule has 3 aromatic rings. The Balaban J connectivity index is 1.65. The highest BCUT2D eigenvalue weighted by Gasteiger charge is 2.17. The van der Waals surface area contributed by atoms with Crippen LogP contribution in [0.2, 0.25) is 0 Å². The summed E-state index contributed by atoms with van der Waals surface area (Å²) >= 11 is 0. The van der Waals surface area contributed by atoms with E-state index in [1.54, 1.807) is 0 Å². The molecule has 2 aromatic carbocycles. The van der Waals surface area contributed by atoms with E-state index in [-0.39, 0.29) is 5.91 Å². The minimum Gasteiger partial charge on any atom is -0.351 e. The van der Waals surface area contributed by atoms with E-state index >= 15 is 0 Å². The molecule has 3 nitrogen and oxygen atoms in total. The van der Waals surface area contributed by atoms with Gasteiger partial charge in [0.2, 0.25) is 0 Å². The lowest BCUT2D eigenvalue weighted by Crippen LogP contribution is -2.27. The molecule has 1 heterocycles. The van der Waals surface area contributed by atoms with Crippen molar-refractivity contribution >= 4 is 16.8 Å². The number of carbonyl (C=O) groups excluding carboxylic acids is 1. The highest BCUT2D eigenvalue weighted by molar-refractivity contribution is 6.01. The van der Waals surface area contributed by atoms with Crippen LogP contribution >= 0.6 is 0 Å². The molecule has 0 radical (unpaired) electrons. The smallest absolute Gasteiger partial charge is 0.268 e. The Bertz CT molecular complexity index is 779. The molecule has 1 N–H and O–H groups in total. The van der Waals surface area contributed by atoms with Crippen molar-refractivity contribution in [3.8, 4) is 0 Å². The number of aromatic nitrogens is 1. The number of hydrogen-bond donors (Lipinski definition) is 1. The van der Waals surface area contributed by atoms with Gasteiger partial charge in [-0.15, -0.1) is 0 Å². The van der Waals surface area contributed by atoms with Crippen molar-refractivity contribution in [1.29, 1.82) is 0 Å². The molecule has 1 amide bonds. The summed E-state index contributed by atoms with van der Waals surface area (Å²) in [5.41, 5.74) is 4.21. The summed E-state index contributed by atoms with van der Waals surface area (Å²) < 4.78 is 1.98. The van der Waals surface area contributed by atoms with Crippen LogP contribution in [0, 0.1) is 6.92 Å². The number of amides is 1. The third kappa shape index (κ3) is 3.14. The second-order valence-electron chi connectivity index (χ2n) is 5.89. The summed E-state index contributed by atoms with van der Waals surface area (Å²) in [6.45, 7) is 2.70. The molecule has 0 bridgehead atoms. The number of fused-ring (bicyclic) bond motifs is 1. The molecule has 1 aromatic heterocycles. The molecule has 0 aliphatic heterocycles. The molecule has 0 aliphatic rings. The van der Waals surface area contributed by atoms with Crippen molar-refractivity contribution in [1.82, 2.24) is 9.88 Å². The summed E-state index contributed by atoms with van der Waals surface area (Å²) in [6, 6.07) is 18.5. The number of aryl methyl sites for hydroxylation is 3. The fraction of sp³-hybridized carbons (Fsp3) is 0.250. The summed E-state index contributed by atoms with van der Waals surface area (Å²) in [7, 11) is 1.95. The van der Waals surface area contributed by atoms with Crippen molar-refractivity contribution < 1.29 is 4.79 Å². The van der Waals surface area contributed by atoms with Crippen LogP contribution in [0.25, 0.3) is 10.9 Å². The number of benzene rings is 2. The third-order valence-electron chi connectivity index (χ3n) is 4.35. The Morgan fingerprint density at radius 3 is 2.48 bits per heavy atom. The first-order valence-corrected chi connectivity index (χ1v) is 8.04. The van der Waals surface area contributed by atoms with Crippen LogP contribution in [-0.2, 0) is 13.5 Å². The van der Waals surface area contributed by atoms with E-state index < -0.39 is 0 Å². The average molecular weight is 306 g/mol. The summed E-state index contributed by atoms with van der Waals surface area (Å²) in [5.74, 6) is 0.00858. The van der Waals surface area contributed by atoms with Crippen LogP contribution in [0.4, 0.5) is 0 Å². The lowest BCUT2D eigenvalue weighted by atomic mass is 10.1. The van der Waals surface area contributed by atoms with Crippen LogP contribution in [0.15, 0.2) is 54.6 Å². The Labute approximate surface area is 136 Å². The Morgan fingerprint density at radius 2 is 1.74 bits per heavy atom. The summed E-state index contributed by atoms with van der Waals surface area (Å²) in [4.78, 5) is 12.5. The largest absolute Gasteiger partial charge is 0.351 e. The third-order valence-corrected chi connectivity index (χ3v) is 4.35. The van der Waals surface area contributed by atoms with E-state index in [1.165, 1.54) is 5.56 Å². The topological polar surface area (TPSA) is 34.0 Å². The fourth-order valence-electron chi connectivity index (χ4n) is 3.13. The van der Waals surface area contributed by atoms with E-state index in [1.807, 2.05) is 48.9 Å². The van der Waals surface area contributed by atoms with Crippen LogP contribution in [0.5, 0.6) is 0 Å². The highest BCUT2D eigenvalue weighted by Crippen LogP contribution is 2.24. The SMILES string of the molecule is Cc1c(C(=O)NCCCc2ccccc2)n(C)c2ccccc12. The monoisotopic (exact) mass is 306 g/mol. The van der Waals surface area contributed by atoms with Gasteiger partial charge in [-0.2, -0.15) is 0 Å². The van der Waals surface area contributed by atoms with Gasteiger partial charge >= 0.3 is 0 Å². The Morgan fingerprint density at radius 1 is 1.04 bits per heavy atom. The maximum absolute atomic E-state index is 12.5. The van der Waals surface area contributed by atoms with Crippen molar-refractivity contribution in [3.63, 3.8) is 0 Å². The molecule has 0 fully saturated rings. The molecule has 0 saturated carbocycles. The standard InChI is InChI=1S/C20H22N2O/c1-15-17-12-6-7-13-18(17)22(2)19(15)20(23)21-14-8-11-16-9-4-3-5-10-16/h3-7,9-10,12-13H,8,11,14H2,1-2H3,(H,21,23). The van der Waals surface area contributed by atoms with E-state index in [0.29, 0.717) is 6.54 Å². The van der Waals surface area contributed by atoms with Gasteiger partial charge in [-0.25, -0.2) is 0 Å². The highest BCUT2D eigenvalue weighted by atomic mass is 16.1. The van der Waals surface area contributed by atoms with Crippen LogP contribution in [0.1, 0.15) is 28.0 Å². The molecular weight excluding hydrogens is 284 g/mol. The minimum absolute atomic E-state index is 0.00858. The Hall–Kier alpha value is -2.55. The maximum Gasteiger partial charge on any atom is 0.268 e. The van der Waals surface area contributed by atoms with Gasteiger partial charge in [0.05, 0.1) is 0 Å². The van der Waals surface area contributed by atoms with E-state index in [2.05, 4.69) is 29.6 Å². The summed E-state index contributed by atoms with van der Waals surface area (Å²) in [6.07, 6.45) is 1.92. The van der Waals surface area contributed by atoms with Gasteiger partial charge in [-0.3, -0.25) is 4.79 Å². The van der Waals surface area contributed by atoms with Gasteiger partial charge in [0.25, 0.3) is 5.91 Å². The van der Waals surface area contributed by atoms with Crippen LogP contribution in [0.3, 0.4) is 0 Å². The van der Waals surface area contributed by atoms with Crippen molar-refractivity contribution in [2.75, 3.05) is 6.54 Å². The maximum atomic E-state index is 12.5. The zero-order chi connectivity index (χ0) is 16.2. The number of nitrogens with one attached hydrogen (secondary N) is 1. The molecular formula is C20H22N2O. The average Bonchev–Trinajstić information content (AvgIpc) is 2.84. The van der Waals surface area contributed by atoms with E-state index in [4.69, 9.17) is 0 Å². The molecule has 3 heteroatoms. The van der Waals surface area contributed by atoms with Crippen LogP contribution in [-0.4, -0.2) is 17.0 Å². The normalized spacial score (nSPS) is 10.9. The fourth-order valence-corrected chi connectivity index (χ4v) is 3.13. The van der Waals surface area contributed by atoms with Crippen molar-refractivity contribution in [3.05, 3.63) is 71.4 Å². The molecule has 23 heavy (non-hydrogen) atoms. The van der Waals surface area contributed by atoms with Gasteiger partial charge in [0, 0.05) is 24.5 Å². The van der Waals surface area contributed by atoms with E-state index in [0.717, 1.165) is 35.0 Å². The first kappa shape index (κ1) is 15.3. The first-order chi connectivity index (χ1) is 11.2. The van der Waals surface area contributed by atoms with Crippen LogP contribution < -0.4 is 5.32 Å². The molecule has 0 aliphatic carbocycles. The molecule has 0 saturated heterocycles. The number of para-hydroxylation sites is 1. The second kappa shape index (κ2) is 6.69. The molecule has 0 spiro atoms. The van der Waals surface area contributed by atoms with E-state index in [9.17, 15) is 4.79 Å². The zero-order valence-corrected chi connectivity index (χ0v) is 13.7. The quantitative estimate of drug-likeness (QED) is 0.714. The molecule has 0 unspecified atom stereocenters. The second-order valence-corrected chi connectivity index (χ2v) is 5.89. The van der Waals surface area contributed by atoms with Gasteiger partial charge in [-0.1, -0.05) is 48.5 Å². The summed E-state index contributed by atoms with van der Waals surface area (Å²) in [5, 5.41) is 4.20. The lowest BCUT2D eigenvalue weighted by molar-refractivity contribution is 0.0945. The van der Waals surface area contributed by atoms with Gasteiger partial charge in [-0.05, 0) is 37.0 Å². The number of rotatable bonds is 5. The predicted molar refractivity (Wildman–Crippen MR) is 94.8 cm³/mol. The van der Waals surface area contributed by atoms with Gasteiger partial charge < -0.3 is 9.88 Å².